The number of nitro benzene ring substituents is 1. The van der Waals surface area contributed by atoms with E-state index in [0.29, 0.717) is 11.4 Å². The van der Waals surface area contributed by atoms with Crippen LogP contribution in [0.2, 0.25) is 0 Å². The molecule has 0 aliphatic carbocycles. The molecule has 0 unspecified atom stereocenters. The van der Waals surface area contributed by atoms with Crippen LogP contribution in [0.4, 0.5) is 22.7 Å². The number of hydrogen-bond donors (Lipinski definition) is 1. The maximum atomic E-state index is 10.8. The Kier molecular flexibility index (Phi) is 5.89. The van der Waals surface area contributed by atoms with Crippen molar-refractivity contribution in [1.29, 1.82) is 0 Å². The molecule has 0 saturated heterocycles. The fraction of sp³-hybridized carbons (Fsp3) is 0.294. The van der Waals surface area contributed by atoms with E-state index in [1.54, 1.807) is 6.07 Å². The molecule has 0 bridgehead atoms. The number of azo groups is 1. The Morgan fingerprint density at radius 2 is 1.80 bits per heavy atom. The lowest BCUT2D eigenvalue weighted by Crippen LogP contribution is -2.21. The number of nitro groups is 1. The Morgan fingerprint density at radius 1 is 1.12 bits per heavy atom. The Morgan fingerprint density at radius 3 is 2.40 bits per heavy atom. The van der Waals surface area contributed by atoms with Gasteiger partial charge < -0.3 is 14.7 Å². The SMILES string of the molecule is CCN(CC)c1ccc(N=Nc2cc([N+](=O)[O-])ccc2O)c(OC)c1. The summed E-state index contributed by atoms with van der Waals surface area (Å²) < 4.78 is 5.35. The van der Waals surface area contributed by atoms with Gasteiger partial charge in [0.1, 0.15) is 22.9 Å². The highest BCUT2D eigenvalue weighted by Crippen LogP contribution is 2.36. The van der Waals surface area contributed by atoms with E-state index in [0.717, 1.165) is 24.8 Å². The molecule has 0 amide bonds. The van der Waals surface area contributed by atoms with Gasteiger partial charge >= 0.3 is 0 Å². The number of non-ortho nitro benzene ring substituents is 1. The topological polar surface area (TPSA) is 101 Å². The highest BCUT2D eigenvalue weighted by atomic mass is 16.6. The first-order valence-corrected chi connectivity index (χ1v) is 7.82. The lowest BCUT2D eigenvalue weighted by molar-refractivity contribution is -0.384. The molecular formula is C17H20N4O4. The molecule has 2 aromatic carbocycles. The van der Waals surface area contributed by atoms with Crippen LogP contribution in [0, 0.1) is 10.1 Å². The van der Waals surface area contributed by atoms with Gasteiger partial charge in [-0.3, -0.25) is 10.1 Å². The molecule has 0 heterocycles. The van der Waals surface area contributed by atoms with Crippen LogP contribution >= 0.6 is 0 Å². The number of ether oxygens (including phenoxy) is 1. The number of aromatic hydroxyl groups is 1. The summed E-state index contributed by atoms with van der Waals surface area (Å²) in [6, 6.07) is 9.09. The summed E-state index contributed by atoms with van der Waals surface area (Å²) in [5.41, 5.74) is 1.31. The second-order valence-corrected chi connectivity index (χ2v) is 5.16. The molecule has 2 aromatic rings. The van der Waals surface area contributed by atoms with Gasteiger partial charge in [0.25, 0.3) is 5.69 Å². The highest BCUT2D eigenvalue weighted by Gasteiger charge is 2.11. The van der Waals surface area contributed by atoms with Crippen molar-refractivity contribution in [2.45, 2.75) is 13.8 Å². The Balaban J connectivity index is 2.35. The van der Waals surface area contributed by atoms with Gasteiger partial charge in [-0.25, -0.2) is 0 Å². The molecule has 2 rings (SSSR count). The molecule has 0 fully saturated rings. The molecule has 0 radical (unpaired) electrons. The minimum Gasteiger partial charge on any atom is -0.506 e. The van der Waals surface area contributed by atoms with Crippen LogP contribution in [0.5, 0.6) is 11.5 Å². The van der Waals surface area contributed by atoms with Crippen LogP contribution in [0.15, 0.2) is 46.6 Å². The van der Waals surface area contributed by atoms with Crippen LogP contribution < -0.4 is 9.64 Å². The molecule has 132 valence electrons. The molecule has 8 nitrogen and oxygen atoms in total. The molecule has 8 heteroatoms. The van der Waals surface area contributed by atoms with E-state index in [2.05, 4.69) is 29.0 Å². The van der Waals surface area contributed by atoms with Crippen molar-refractivity contribution in [1.82, 2.24) is 0 Å². The van der Waals surface area contributed by atoms with E-state index in [1.807, 2.05) is 12.1 Å². The fourth-order valence-electron chi connectivity index (χ4n) is 2.35. The summed E-state index contributed by atoms with van der Waals surface area (Å²) >= 11 is 0. The first kappa shape index (κ1) is 18.2. The van der Waals surface area contributed by atoms with Gasteiger partial charge in [0.05, 0.1) is 12.0 Å². The molecule has 0 aliphatic heterocycles. The van der Waals surface area contributed by atoms with Gasteiger partial charge in [0.15, 0.2) is 0 Å². The number of benzene rings is 2. The second-order valence-electron chi connectivity index (χ2n) is 5.16. The lowest BCUT2D eigenvalue weighted by Gasteiger charge is -2.21. The van der Waals surface area contributed by atoms with Crippen LogP contribution in [-0.2, 0) is 0 Å². The Hall–Kier alpha value is -3.16. The monoisotopic (exact) mass is 344 g/mol. The van der Waals surface area contributed by atoms with Crippen molar-refractivity contribution in [3.05, 3.63) is 46.5 Å². The maximum Gasteiger partial charge on any atom is 0.271 e. The van der Waals surface area contributed by atoms with E-state index in [1.165, 1.54) is 19.2 Å². The molecule has 1 N–H and O–H groups in total. The number of phenolic OH excluding ortho intramolecular Hbond substituents is 1. The number of methoxy groups -OCH3 is 1. The van der Waals surface area contributed by atoms with Crippen LogP contribution in [-0.4, -0.2) is 30.2 Å². The second kappa shape index (κ2) is 8.09. The summed E-state index contributed by atoms with van der Waals surface area (Å²) in [6.45, 7) is 5.85. The molecule has 25 heavy (non-hydrogen) atoms. The van der Waals surface area contributed by atoms with Gasteiger partial charge in [0.2, 0.25) is 0 Å². The number of nitrogens with zero attached hydrogens (tertiary/aromatic N) is 4. The zero-order chi connectivity index (χ0) is 18.4. The van der Waals surface area contributed by atoms with Crippen molar-refractivity contribution in [2.75, 3.05) is 25.1 Å². The number of rotatable bonds is 7. The quantitative estimate of drug-likeness (QED) is 0.450. The third-order valence-corrected chi connectivity index (χ3v) is 3.73. The standard InChI is InChI=1S/C17H20N4O4/c1-4-20(5-2)12-6-8-14(17(11-12)25-3)18-19-15-10-13(21(23)24)7-9-16(15)22/h6-11,22H,4-5H2,1-3H3. The van der Waals surface area contributed by atoms with Gasteiger partial charge in [-0.2, -0.15) is 0 Å². The largest absolute Gasteiger partial charge is 0.506 e. The number of hydrogen-bond acceptors (Lipinski definition) is 7. The minimum absolute atomic E-state index is 0.0177. The molecule has 0 spiro atoms. The minimum atomic E-state index is -0.558. The molecule has 0 atom stereocenters. The lowest BCUT2D eigenvalue weighted by atomic mass is 10.2. The Labute approximate surface area is 145 Å². The van der Waals surface area contributed by atoms with Gasteiger partial charge in [0, 0.05) is 37.0 Å². The molecule has 0 aliphatic rings. The van der Waals surface area contributed by atoms with Crippen molar-refractivity contribution < 1.29 is 14.8 Å². The molecule has 0 aromatic heterocycles. The number of anilines is 1. The summed E-state index contributed by atoms with van der Waals surface area (Å²) in [4.78, 5) is 12.4. The van der Waals surface area contributed by atoms with E-state index in [-0.39, 0.29) is 17.1 Å². The number of phenols is 1. The van der Waals surface area contributed by atoms with E-state index >= 15 is 0 Å². The average molecular weight is 344 g/mol. The van der Waals surface area contributed by atoms with E-state index in [9.17, 15) is 15.2 Å². The third-order valence-electron chi connectivity index (χ3n) is 3.73. The van der Waals surface area contributed by atoms with Crippen molar-refractivity contribution in [3.8, 4) is 11.5 Å². The van der Waals surface area contributed by atoms with Gasteiger partial charge in [-0.1, -0.05) is 0 Å². The van der Waals surface area contributed by atoms with Crippen LogP contribution in [0.3, 0.4) is 0 Å². The Bertz CT molecular complexity index is 788. The van der Waals surface area contributed by atoms with Crippen molar-refractivity contribution >= 4 is 22.7 Å². The molecular weight excluding hydrogens is 324 g/mol. The van der Waals surface area contributed by atoms with Gasteiger partial charge in [-0.05, 0) is 32.0 Å². The van der Waals surface area contributed by atoms with E-state index < -0.39 is 4.92 Å². The zero-order valence-corrected chi connectivity index (χ0v) is 14.3. The van der Waals surface area contributed by atoms with Crippen molar-refractivity contribution in [3.63, 3.8) is 0 Å². The average Bonchev–Trinajstić information content (AvgIpc) is 2.62. The summed E-state index contributed by atoms with van der Waals surface area (Å²) in [5.74, 6) is 0.339. The first-order chi connectivity index (χ1) is 12.0. The smallest absolute Gasteiger partial charge is 0.271 e. The van der Waals surface area contributed by atoms with Crippen molar-refractivity contribution in [2.24, 2.45) is 10.2 Å². The first-order valence-electron chi connectivity index (χ1n) is 7.82. The maximum absolute atomic E-state index is 10.8. The van der Waals surface area contributed by atoms with E-state index in [4.69, 9.17) is 4.74 Å². The summed E-state index contributed by atoms with van der Waals surface area (Å²) in [7, 11) is 1.53. The normalized spacial score (nSPS) is 10.8. The molecule has 0 saturated carbocycles. The van der Waals surface area contributed by atoms with Crippen LogP contribution in [0.25, 0.3) is 0 Å². The zero-order valence-electron chi connectivity index (χ0n) is 14.3. The highest BCUT2D eigenvalue weighted by molar-refractivity contribution is 5.62. The summed E-state index contributed by atoms with van der Waals surface area (Å²) in [6.07, 6.45) is 0. The fourth-order valence-corrected chi connectivity index (χ4v) is 2.35. The van der Waals surface area contributed by atoms with Gasteiger partial charge in [-0.15, -0.1) is 10.2 Å². The predicted molar refractivity (Wildman–Crippen MR) is 95.5 cm³/mol. The third kappa shape index (κ3) is 4.23. The predicted octanol–water partition coefficient (Wildman–Crippen LogP) is 4.57. The summed E-state index contributed by atoms with van der Waals surface area (Å²) in [5, 5.41) is 28.6. The van der Waals surface area contributed by atoms with Crippen LogP contribution in [0.1, 0.15) is 13.8 Å².